The molecule has 0 fully saturated rings. The first-order valence-corrected chi connectivity index (χ1v) is 6.39. The van der Waals surface area contributed by atoms with E-state index in [0.717, 1.165) is 28.2 Å². The Labute approximate surface area is 117 Å². The predicted octanol–water partition coefficient (Wildman–Crippen LogP) is 2.38. The van der Waals surface area contributed by atoms with Crippen molar-refractivity contribution >= 4 is 17.0 Å². The maximum Gasteiger partial charge on any atom is 0.201 e. The van der Waals surface area contributed by atoms with Crippen LogP contribution in [0.4, 0.5) is 5.95 Å². The van der Waals surface area contributed by atoms with Crippen LogP contribution < -0.4 is 10.5 Å². The van der Waals surface area contributed by atoms with Gasteiger partial charge in [0.1, 0.15) is 5.75 Å². The number of fused-ring (bicyclic) bond motifs is 1. The van der Waals surface area contributed by atoms with Gasteiger partial charge < -0.3 is 15.0 Å². The molecule has 0 aliphatic carbocycles. The molecule has 3 rings (SSSR count). The first kappa shape index (κ1) is 12.5. The molecule has 3 aromatic rings. The zero-order valence-electron chi connectivity index (χ0n) is 11.5. The molecular weight excluding hydrogens is 252 g/mol. The second kappa shape index (κ2) is 4.85. The van der Waals surface area contributed by atoms with E-state index in [2.05, 4.69) is 9.97 Å². The number of nitrogens with two attached hydrogens (primary N) is 1. The molecule has 0 spiro atoms. The summed E-state index contributed by atoms with van der Waals surface area (Å²) in [5.41, 5.74) is 9.78. The fraction of sp³-hybridized carbons (Fsp3) is 0.200. The van der Waals surface area contributed by atoms with Crippen molar-refractivity contribution in [2.75, 3.05) is 12.8 Å². The number of nitrogens with zero attached hydrogens (tertiary/aromatic N) is 3. The van der Waals surface area contributed by atoms with Gasteiger partial charge >= 0.3 is 0 Å². The largest absolute Gasteiger partial charge is 0.497 e. The molecule has 2 heterocycles. The molecule has 0 saturated carbocycles. The number of anilines is 1. The number of ether oxygens (including phenoxy) is 1. The number of aromatic nitrogens is 3. The van der Waals surface area contributed by atoms with Crippen molar-refractivity contribution in [2.24, 2.45) is 0 Å². The maximum atomic E-state index is 6.01. The summed E-state index contributed by atoms with van der Waals surface area (Å²) in [6.45, 7) is 2.58. The summed E-state index contributed by atoms with van der Waals surface area (Å²) < 4.78 is 7.16. The van der Waals surface area contributed by atoms with Crippen LogP contribution in [0.2, 0.25) is 0 Å². The Balaban J connectivity index is 2.05. The molecule has 0 aliphatic heterocycles. The van der Waals surface area contributed by atoms with E-state index in [1.165, 1.54) is 0 Å². The van der Waals surface area contributed by atoms with Crippen LogP contribution in [0.3, 0.4) is 0 Å². The topological polar surface area (TPSA) is 66.0 Å². The third-order valence-corrected chi connectivity index (χ3v) is 3.25. The summed E-state index contributed by atoms with van der Waals surface area (Å²) in [7, 11) is 1.64. The molecule has 0 atom stereocenters. The van der Waals surface area contributed by atoms with Crippen LogP contribution in [0.25, 0.3) is 11.0 Å². The number of pyridine rings is 1. The Morgan fingerprint density at radius 2 is 2.05 bits per heavy atom. The lowest BCUT2D eigenvalue weighted by Crippen LogP contribution is -2.06. The van der Waals surface area contributed by atoms with Gasteiger partial charge in [-0.3, -0.25) is 4.98 Å². The standard InChI is InChI=1S/C15H16N4O/c1-10-4-3-5-11(17-10)9-19-14-7-6-12(20-2)8-13(14)18-15(19)16/h3-8H,9H2,1-2H3,(H2,16,18). The predicted molar refractivity (Wildman–Crippen MR) is 78.8 cm³/mol. The van der Waals surface area contributed by atoms with Gasteiger partial charge in [0.25, 0.3) is 0 Å². The average Bonchev–Trinajstić information content (AvgIpc) is 2.74. The second-order valence-electron chi connectivity index (χ2n) is 4.68. The van der Waals surface area contributed by atoms with Gasteiger partial charge in [-0.1, -0.05) is 6.07 Å². The highest BCUT2D eigenvalue weighted by molar-refractivity contribution is 5.80. The number of rotatable bonds is 3. The Bertz CT molecular complexity index is 764. The fourth-order valence-electron chi connectivity index (χ4n) is 2.27. The minimum atomic E-state index is 0.483. The SMILES string of the molecule is COc1ccc2c(c1)nc(N)n2Cc1cccc(C)n1. The zero-order chi connectivity index (χ0) is 14.1. The number of aryl methyl sites for hydroxylation is 1. The Morgan fingerprint density at radius 3 is 2.80 bits per heavy atom. The highest BCUT2D eigenvalue weighted by atomic mass is 16.5. The third kappa shape index (κ3) is 2.18. The number of hydrogen-bond donors (Lipinski definition) is 1. The van der Waals surface area contributed by atoms with Crippen molar-refractivity contribution < 1.29 is 4.74 Å². The molecule has 20 heavy (non-hydrogen) atoms. The molecule has 5 nitrogen and oxygen atoms in total. The summed E-state index contributed by atoms with van der Waals surface area (Å²) in [5.74, 6) is 1.26. The van der Waals surface area contributed by atoms with E-state index in [-0.39, 0.29) is 0 Å². The van der Waals surface area contributed by atoms with Gasteiger partial charge in [-0.2, -0.15) is 0 Å². The van der Waals surface area contributed by atoms with Gasteiger partial charge in [0.15, 0.2) is 0 Å². The molecule has 102 valence electrons. The summed E-state index contributed by atoms with van der Waals surface area (Å²) in [6.07, 6.45) is 0. The molecular formula is C15H16N4O. The first-order chi connectivity index (χ1) is 9.67. The van der Waals surface area contributed by atoms with E-state index in [9.17, 15) is 0 Å². The summed E-state index contributed by atoms with van der Waals surface area (Å²) in [4.78, 5) is 8.87. The van der Waals surface area contributed by atoms with Crippen LogP contribution in [0.1, 0.15) is 11.4 Å². The quantitative estimate of drug-likeness (QED) is 0.792. The van der Waals surface area contributed by atoms with Gasteiger partial charge in [0.2, 0.25) is 5.95 Å². The second-order valence-corrected chi connectivity index (χ2v) is 4.68. The minimum Gasteiger partial charge on any atom is -0.497 e. The number of benzene rings is 1. The van der Waals surface area contributed by atoms with Crippen LogP contribution in [0.5, 0.6) is 5.75 Å². The lowest BCUT2D eigenvalue weighted by Gasteiger charge is -2.07. The lowest BCUT2D eigenvalue weighted by molar-refractivity contribution is 0.415. The van der Waals surface area contributed by atoms with Gasteiger partial charge in [-0.05, 0) is 31.2 Å². The van der Waals surface area contributed by atoms with E-state index >= 15 is 0 Å². The molecule has 0 unspecified atom stereocenters. The fourth-order valence-corrected chi connectivity index (χ4v) is 2.27. The van der Waals surface area contributed by atoms with Gasteiger partial charge in [0, 0.05) is 11.8 Å². The zero-order valence-corrected chi connectivity index (χ0v) is 11.5. The third-order valence-electron chi connectivity index (χ3n) is 3.25. The molecule has 0 bridgehead atoms. The lowest BCUT2D eigenvalue weighted by atomic mass is 10.2. The number of nitrogen functional groups attached to an aromatic ring is 1. The summed E-state index contributed by atoms with van der Waals surface area (Å²) in [5, 5.41) is 0. The van der Waals surface area contributed by atoms with Crippen molar-refractivity contribution in [2.45, 2.75) is 13.5 Å². The molecule has 0 radical (unpaired) electrons. The van der Waals surface area contributed by atoms with E-state index in [1.807, 2.05) is 47.9 Å². The smallest absolute Gasteiger partial charge is 0.201 e. The van der Waals surface area contributed by atoms with Crippen molar-refractivity contribution in [1.29, 1.82) is 0 Å². The van der Waals surface area contributed by atoms with E-state index in [1.54, 1.807) is 7.11 Å². The number of methoxy groups -OCH3 is 1. The molecule has 1 aromatic carbocycles. The highest BCUT2D eigenvalue weighted by Crippen LogP contribution is 2.23. The Kier molecular flexibility index (Phi) is 3.02. The van der Waals surface area contributed by atoms with Crippen LogP contribution in [-0.4, -0.2) is 21.6 Å². The van der Waals surface area contributed by atoms with Crippen molar-refractivity contribution in [1.82, 2.24) is 14.5 Å². The van der Waals surface area contributed by atoms with Crippen LogP contribution in [-0.2, 0) is 6.54 Å². The molecule has 5 heteroatoms. The molecule has 2 aromatic heterocycles. The van der Waals surface area contributed by atoms with Crippen molar-refractivity contribution in [3.05, 3.63) is 47.8 Å². The van der Waals surface area contributed by atoms with Gasteiger partial charge in [-0.25, -0.2) is 4.98 Å². The highest BCUT2D eigenvalue weighted by Gasteiger charge is 2.10. The minimum absolute atomic E-state index is 0.483. The van der Waals surface area contributed by atoms with Crippen LogP contribution in [0, 0.1) is 6.92 Å². The number of imidazole rings is 1. The first-order valence-electron chi connectivity index (χ1n) is 6.39. The van der Waals surface area contributed by atoms with E-state index in [0.29, 0.717) is 12.5 Å². The van der Waals surface area contributed by atoms with Gasteiger partial charge in [-0.15, -0.1) is 0 Å². The van der Waals surface area contributed by atoms with Crippen LogP contribution >= 0.6 is 0 Å². The normalized spacial score (nSPS) is 10.9. The molecule has 0 aliphatic rings. The maximum absolute atomic E-state index is 6.01. The Morgan fingerprint density at radius 1 is 1.20 bits per heavy atom. The summed E-state index contributed by atoms with van der Waals surface area (Å²) in [6, 6.07) is 11.7. The van der Waals surface area contributed by atoms with Crippen LogP contribution in [0.15, 0.2) is 36.4 Å². The monoisotopic (exact) mass is 268 g/mol. The molecule has 0 amide bonds. The molecule has 0 saturated heterocycles. The van der Waals surface area contributed by atoms with Gasteiger partial charge in [0.05, 0.1) is 30.4 Å². The molecule has 2 N–H and O–H groups in total. The number of hydrogen-bond acceptors (Lipinski definition) is 4. The van der Waals surface area contributed by atoms with E-state index in [4.69, 9.17) is 10.5 Å². The summed E-state index contributed by atoms with van der Waals surface area (Å²) >= 11 is 0. The van der Waals surface area contributed by atoms with E-state index < -0.39 is 0 Å². The Hall–Kier alpha value is -2.56. The van der Waals surface area contributed by atoms with Crippen molar-refractivity contribution in [3.8, 4) is 5.75 Å². The average molecular weight is 268 g/mol. The van der Waals surface area contributed by atoms with Crippen molar-refractivity contribution in [3.63, 3.8) is 0 Å².